The minimum atomic E-state index is -0.284. The van der Waals surface area contributed by atoms with Crippen molar-refractivity contribution in [2.24, 2.45) is 0 Å². The first-order valence-corrected chi connectivity index (χ1v) is 13.7. The Hall–Kier alpha value is -3.94. The third-order valence-electron chi connectivity index (χ3n) is 7.08. The van der Waals surface area contributed by atoms with Crippen LogP contribution in [0.3, 0.4) is 0 Å². The second-order valence-electron chi connectivity index (χ2n) is 10.2. The predicted molar refractivity (Wildman–Crippen MR) is 154 cm³/mol. The number of halogens is 1. The zero-order chi connectivity index (χ0) is 28.1. The van der Waals surface area contributed by atoms with Crippen LogP contribution in [0.2, 0.25) is 5.02 Å². The fraction of sp³-hybridized carbons (Fsp3) is 0.281. The molecule has 1 saturated heterocycles. The van der Waals surface area contributed by atoms with Crippen LogP contribution in [0.25, 0.3) is 11.0 Å². The third-order valence-corrected chi connectivity index (χ3v) is 7.33. The number of aryl methyl sites for hydroxylation is 1. The maximum absolute atomic E-state index is 13.9. The predicted octanol–water partition coefficient (Wildman–Crippen LogP) is 5.61. The van der Waals surface area contributed by atoms with E-state index in [9.17, 15) is 14.4 Å². The van der Waals surface area contributed by atoms with Crippen molar-refractivity contribution in [3.05, 3.63) is 117 Å². The van der Waals surface area contributed by atoms with Gasteiger partial charge >= 0.3 is 0 Å². The van der Waals surface area contributed by atoms with E-state index in [0.29, 0.717) is 40.3 Å². The topological polar surface area (TPSA) is 80.1 Å². The van der Waals surface area contributed by atoms with Crippen LogP contribution in [0.15, 0.2) is 88.3 Å². The monoisotopic (exact) mass is 558 g/mol. The van der Waals surface area contributed by atoms with Crippen molar-refractivity contribution in [3.63, 3.8) is 0 Å². The second-order valence-corrected chi connectivity index (χ2v) is 10.6. The molecule has 5 rings (SSSR count). The average molecular weight is 559 g/mol. The first-order valence-electron chi connectivity index (χ1n) is 13.4. The van der Waals surface area contributed by atoms with E-state index in [4.69, 9.17) is 20.8 Å². The Labute approximate surface area is 237 Å². The maximum atomic E-state index is 13.9. The lowest BCUT2D eigenvalue weighted by Gasteiger charge is -2.29. The smallest absolute Gasteiger partial charge is 0.254 e. The maximum Gasteiger partial charge on any atom is 0.254 e. The van der Waals surface area contributed by atoms with Gasteiger partial charge in [0.25, 0.3) is 5.91 Å². The van der Waals surface area contributed by atoms with Crippen molar-refractivity contribution < 1.29 is 18.7 Å². The number of carbonyl (C=O) groups excluding carboxylic acids is 2. The molecule has 0 spiro atoms. The van der Waals surface area contributed by atoms with Gasteiger partial charge in [-0.25, -0.2) is 0 Å². The Bertz CT molecular complexity index is 1550. The molecule has 1 unspecified atom stereocenters. The highest BCUT2D eigenvalue weighted by Gasteiger charge is 2.28. The molecule has 0 radical (unpaired) electrons. The lowest BCUT2D eigenvalue weighted by atomic mass is 10.1. The van der Waals surface area contributed by atoms with Crippen molar-refractivity contribution in [2.45, 2.75) is 39.0 Å². The van der Waals surface area contributed by atoms with Gasteiger partial charge in [0.05, 0.1) is 29.9 Å². The van der Waals surface area contributed by atoms with Crippen LogP contribution < -0.4 is 5.43 Å². The molecule has 1 aliphatic heterocycles. The molecule has 4 aromatic rings. The number of fused-ring (bicyclic) bond motifs is 1. The summed E-state index contributed by atoms with van der Waals surface area (Å²) in [5, 5.41) is 0.999. The SMILES string of the molecule is Cc1ccc2occ(CN(Cc3ccccc3)C(=O)CN(CC3CCCO3)C(=O)c3ccc(Cl)cc3)c(=O)c2c1. The third kappa shape index (κ3) is 6.61. The van der Waals surface area contributed by atoms with Crippen LogP contribution in [-0.2, 0) is 22.6 Å². The summed E-state index contributed by atoms with van der Waals surface area (Å²) in [7, 11) is 0. The molecule has 7 nitrogen and oxygen atoms in total. The van der Waals surface area contributed by atoms with E-state index < -0.39 is 0 Å². The number of benzene rings is 3. The highest BCUT2D eigenvalue weighted by atomic mass is 35.5. The molecule has 206 valence electrons. The standard InChI is InChI=1S/C32H31ClN2O5/c1-22-9-14-29-28(16-22)31(37)25(21-40-29)18-34(17-23-6-3-2-4-7-23)30(36)20-35(19-27-8-5-15-39-27)32(38)24-10-12-26(33)13-11-24/h2-4,6-7,9-14,16,21,27H,5,8,15,17-20H2,1H3. The molecule has 3 aromatic carbocycles. The van der Waals surface area contributed by atoms with Crippen molar-refractivity contribution in [1.29, 1.82) is 0 Å². The van der Waals surface area contributed by atoms with Crippen LogP contribution in [0.1, 0.15) is 39.9 Å². The molecular formula is C32H31ClN2O5. The Morgan fingerprint density at radius 2 is 1.75 bits per heavy atom. The molecule has 8 heteroatoms. The van der Waals surface area contributed by atoms with E-state index in [1.807, 2.05) is 43.3 Å². The molecule has 0 aliphatic carbocycles. The lowest BCUT2D eigenvalue weighted by Crippen LogP contribution is -2.45. The van der Waals surface area contributed by atoms with Crippen molar-refractivity contribution in [2.75, 3.05) is 19.7 Å². The highest BCUT2D eigenvalue weighted by molar-refractivity contribution is 6.30. The number of hydrogen-bond donors (Lipinski definition) is 0. The largest absolute Gasteiger partial charge is 0.464 e. The van der Waals surface area contributed by atoms with Gasteiger partial charge in [-0.2, -0.15) is 0 Å². The van der Waals surface area contributed by atoms with Gasteiger partial charge in [0.2, 0.25) is 5.91 Å². The van der Waals surface area contributed by atoms with Gasteiger partial charge in [0.15, 0.2) is 5.43 Å². The summed E-state index contributed by atoms with van der Waals surface area (Å²) in [4.78, 5) is 43.9. The van der Waals surface area contributed by atoms with Gasteiger partial charge in [-0.1, -0.05) is 53.6 Å². The van der Waals surface area contributed by atoms with E-state index in [1.54, 1.807) is 41.3 Å². The zero-order valence-corrected chi connectivity index (χ0v) is 23.1. The Morgan fingerprint density at radius 3 is 2.48 bits per heavy atom. The fourth-order valence-electron chi connectivity index (χ4n) is 4.93. The highest BCUT2D eigenvalue weighted by Crippen LogP contribution is 2.19. The number of rotatable bonds is 9. The molecule has 0 N–H and O–H groups in total. The Kier molecular flexibility index (Phi) is 8.63. The second kappa shape index (κ2) is 12.5. The number of nitrogens with zero attached hydrogens (tertiary/aromatic N) is 2. The van der Waals surface area contributed by atoms with E-state index in [2.05, 4.69) is 0 Å². The molecule has 1 atom stereocenters. The van der Waals surface area contributed by atoms with Gasteiger partial charge in [0.1, 0.15) is 12.1 Å². The van der Waals surface area contributed by atoms with Crippen molar-refractivity contribution in [3.8, 4) is 0 Å². The molecule has 1 aliphatic rings. The quantitative estimate of drug-likeness (QED) is 0.267. The molecule has 2 heterocycles. The van der Waals surface area contributed by atoms with Crippen LogP contribution >= 0.6 is 11.6 Å². The van der Waals surface area contributed by atoms with Gasteiger partial charge < -0.3 is 19.0 Å². The molecule has 1 fully saturated rings. The normalized spacial score (nSPS) is 14.8. The first-order chi connectivity index (χ1) is 19.4. The summed E-state index contributed by atoms with van der Waals surface area (Å²) in [6.45, 7) is 3.00. The van der Waals surface area contributed by atoms with Crippen LogP contribution in [0.4, 0.5) is 0 Å². The lowest BCUT2D eigenvalue weighted by molar-refractivity contribution is -0.133. The van der Waals surface area contributed by atoms with E-state index >= 15 is 0 Å². The van der Waals surface area contributed by atoms with Gasteiger partial charge in [-0.05, 0) is 61.7 Å². The summed E-state index contributed by atoms with van der Waals surface area (Å²) in [5.41, 5.74) is 2.99. The minimum absolute atomic E-state index is 0.0445. The molecule has 0 saturated carbocycles. The van der Waals surface area contributed by atoms with Crippen LogP contribution in [-0.4, -0.2) is 47.4 Å². The number of amides is 2. The number of ether oxygens (including phenoxy) is 1. The Morgan fingerprint density at radius 1 is 0.975 bits per heavy atom. The summed E-state index contributed by atoms with van der Waals surface area (Å²) < 4.78 is 11.5. The molecule has 1 aromatic heterocycles. The van der Waals surface area contributed by atoms with E-state index in [1.165, 1.54) is 11.2 Å². The van der Waals surface area contributed by atoms with Crippen molar-refractivity contribution in [1.82, 2.24) is 9.80 Å². The van der Waals surface area contributed by atoms with Gasteiger partial charge in [-0.15, -0.1) is 0 Å². The average Bonchev–Trinajstić information content (AvgIpc) is 3.48. The van der Waals surface area contributed by atoms with E-state index in [-0.39, 0.29) is 43.0 Å². The molecular weight excluding hydrogens is 528 g/mol. The van der Waals surface area contributed by atoms with E-state index in [0.717, 1.165) is 24.0 Å². The fourth-order valence-corrected chi connectivity index (χ4v) is 5.05. The number of hydrogen-bond acceptors (Lipinski definition) is 5. The van der Waals surface area contributed by atoms with Crippen LogP contribution in [0.5, 0.6) is 0 Å². The summed E-state index contributed by atoms with van der Waals surface area (Å²) in [6, 6.07) is 21.6. The molecule has 2 amide bonds. The molecule has 0 bridgehead atoms. The van der Waals surface area contributed by atoms with Crippen LogP contribution in [0, 0.1) is 6.92 Å². The number of carbonyl (C=O) groups is 2. The summed E-state index contributed by atoms with van der Waals surface area (Å²) >= 11 is 6.03. The summed E-state index contributed by atoms with van der Waals surface area (Å²) in [5.74, 6) is -0.561. The van der Waals surface area contributed by atoms with Crippen molar-refractivity contribution >= 4 is 34.4 Å². The minimum Gasteiger partial charge on any atom is -0.464 e. The zero-order valence-electron chi connectivity index (χ0n) is 22.3. The van der Waals surface area contributed by atoms with Gasteiger partial charge in [-0.3, -0.25) is 14.4 Å². The molecule has 40 heavy (non-hydrogen) atoms. The Balaban J connectivity index is 1.44. The summed E-state index contributed by atoms with van der Waals surface area (Å²) in [6.07, 6.45) is 3.03. The van der Waals surface area contributed by atoms with Gasteiger partial charge in [0, 0.05) is 30.3 Å². The first kappa shape index (κ1) is 27.6.